The Morgan fingerprint density at radius 3 is 2.58 bits per heavy atom. The predicted octanol–water partition coefficient (Wildman–Crippen LogP) is 5.84. The predicted molar refractivity (Wildman–Crippen MR) is 162 cm³/mol. The Labute approximate surface area is 240 Å². The van der Waals surface area contributed by atoms with Gasteiger partial charge in [-0.1, -0.05) is 26.8 Å². The monoisotopic (exact) mass is 546 g/mol. The van der Waals surface area contributed by atoms with Gasteiger partial charge in [0.05, 0.1) is 30.1 Å². The number of allylic oxidation sites excluding steroid dienone is 3. The fourth-order valence-corrected chi connectivity index (χ4v) is 5.63. The van der Waals surface area contributed by atoms with Crippen LogP contribution in [0, 0.1) is 28.6 Å². The van der Waals surface area contributed by atoms with Gasteiger partial charge >= 0.3 is 0 Å². The van der Waals surface area contributed by atoms with E-state index in [1.807, 2.05) is 32.1 Å². The maximum Gasteiger partial charge on any atom is 0.138 e. The number of ether oxygens (including phenoxy) is 1. The first kappa shape index (κ1) is 31.1. The summed E-state index contributed by atoms with van der Waals surface area (Å²) in [6.45, 7) is 17.4. The van der Waals surface area contributed by atoms with Crippen molar-refractivity contribution in [2.45, 2.75) is 60.3 Å². The number of hydrogen-bond donors (Lipinski definition) is 0. The second-order valence-electron chi connectivity index (χ2n) is 11.7. The topological polar surface area (TPSA) is 86.2 Å². The highest BCUT2D eigenvalue weighted by Crippen LogP contribution is 2.38. The fraction of sp³-hybridized carbons (Fsp3) is 0.562. The molecule has 0 amide bonds. The van der Waals surface area contributed by atoms with Crippen LogP contribution in [0.2, 0.25) is 0 Å². The molecule has 0 aliphatic carbocycles. The Balaban J connectivity index is 1.80. The van der Waals surface area contributed by atoms with E-state index in [-0.39, 0.29) is 11.3 Å². The number of pyridine rings is 1. The zero-order valence-corrected chi connectivity index (χ0v) is 25.4. The molecule has 1 fully saturated rings. The molecule has 3 rings (SSSR count). The molecule has 2 aromatic rings. The smallest absolute Gasteiger partial charge is 0.138 e. The molecule has 0 aromatic carbocycles. The van der Waals surface area contributed by atoms with Crippen molar-refractivity contribution < 1.29 is 9.53 Å². The molecule has 0 bridgehead atoms. The molecule has 1 saturated heterocycles. The highest BCUT2D eigenvalue weighted by atomic mass is 16.5. The Hall–Kier alpha value is -3.44. The van der Waals surface area contributed by atoms with Gasteiger partial charge in [0.2, 0.25) is 0 Å². The fourth-order valence-electron chi connectivity index (χ4n) is 5.63. The van der Waals surface area contributed by atoms with Gasteiger partial charge in [0.25, 0.3) is 0 Å². The number of aliphatic imine (C=N–C) groups is 1. The molecule has 0 radical (unpaired) electrons. The first-order valence-electron chi connectivity index (χ1n) is 14.4. The summed E-state index contributed by atoms with van der Waals surface area (Å²) in [5, 5.41) is 14.0. The van der Waals surface area contributed by atoms with Gasteiger partial charge in [0.1, 0.15) is 23.4 Å². The van der Waals surface area contributed by atoms with Crippen LogP contribution in [0.15, 0.2) is 41.4 Å². The number of likely N-dealkylation sites (tertiary alicyclic amines) is 1. The third-order valence-corrected chi connectivity index (χ3v) is 8.30. The maximum atomic E-state index is 12.8. The normalized spacial score (nSPS) is 16.9. The summed E-state index contributed by atoms with van der Waals surface area (Å²) in [6.07, 6.45) is 11.0. The summed E-state index contributed by atoms with van der Waals surface area (Å²) in [6, 6.07) is 4.20. The molecular formula is C32H46N6O2. The van der Waals surface area contributed by atoms with Gasteiger partial charge in [-0.05, 0) is 83.0 Å². The SMILES string of the molecule is C=N/C(=C\C=C(/C)c1cc(OCC)cn2ncc(C#N)c12)N1CCC(CCC(=O)C(C)C(C)C)(CN(C)C)CC1. The third kappa shape index (κ3) is 7.39. The standard InChI is InChI=1S/C32H46N6O2/c1-9-40-27-18-28(31-26(19-33)20-35-38(31)21-27)24(4)10-11-30(34-6)37-16-14-32(15-17-37,22-36(7)8)13-12-29(39)25(5)23(2)3/h10-11,18,20-21,23,25H,6,9,12-17,22H2,1-5,7-8H3/b24-10+,30-11+. The van der Waals surface area contributed by atoms with E-state index in [4.69, 9.17) is 4.74 Å². The van der Waals surface area contributed by atoms with E-state index in [1.54, 1.807) is 16.9 Å². The van der Waals surface area contributed by atoms with E-state index in [1.165, 1.54) is 0 Å². The molecular weight excluding hydrogens is 500 g/mol. The zero-order chi connectivity index (χ0) is 29.4. The minimum absolute atomic E-state index is 0.105. The number of fused-ring (bicyclic) bond motifs is 1. The number of ketones is 1. The van der Waals surface area contributed by atoms with Crippen LogP contribution in [0.4, 0.5) is 0 Å². The molecule has 1 unspecified atom stereocenters. The first-order valence-corrected chi connectivity index (χ1v) is 14.4. The van der Waals surface area contributed by atoms with Gasteiger partial charge in [-0.15, -0.1) is 0 Å². The van der Waals surface area contributed by atoms with Crippen molar-refractivity contribution in [2.24, 2.45) is 22.2 Å². The summed E-state index contributed by atoms with van der Waals surface area (Å²) < 4.78 is 7.45. The molecule has 1 aliphatic heterocycles. The second-order valence-corrected chi connectivity index (χ2v) is 11.7. The Morgan fingerprint density at radius 2 is 2.00 bits per heavy atom. The van der Waals surface area contributed by atoms with Crippen molar-refractivity contribution in [3.8, 4) is 11.8 Å². The van der Waals surface area contributed by atoms with Gasteiger partial charge in [-0.3, -0.25) is 4.79 Å². The molecule has 0 N–H and O–H groups in total. The Morgan fingerprint density at radius 1 is 1.30 bits per heavy atom. The van der Waals surface area contributed by atoms with Crippen molar-refractivity contribution in [3.63, 3.8) is 0 Å². The Kier molecular flexibility index (Phi) is 10.7. The van der Waals surface area contributed by atoms with Crippen LogP contribution in [0.1, 0.15) is 71.4 Å². The number of nitrogens with zero attached hydrogens (tertiary/aromatic N) is 6. The lowest BCUT2D eigenvalue weighted by molar-refractivity contribution is -0.124. The number of piperidine rings is 1. The van der Waals surface area contributed by atoms with Gasteiger partial charge in [0, 0.05) is 37.5 Å². The van der Waals surface area contributed by atoms with Crippen molar-refractivity contribution in [3.05, 3.63) is 47.6 Å². The van der Waals surface area contributed by atoms with Crippen molar-refractivity contribution in [1.29, 1.82) is 5.26 Å². The lowest BCUT2D eigenvalue weighted by atomic mass is 9.73. The van der Waals surface area contributed by atoms with Crippen LogP contribution in [0.3, 0.4) is 0 Å². The number of Topliss-reactive ketones (excluding diaryl/α,β-unsaturated/α-hetero) is 1. The number of hydrogen-bond acceptors (Lipinski definition) is 7. The molecule has 1 aliphatic rings. The van der Waals surface area contributed by atoms with Crippen LogP contribution in [-0.2, 0) is 4.79 Å². The molecule has 1 atom stereocenters. The lowest BCUT2D eigenvalue weighted by Gasteiger charge is -2.44. The van der Waals surface area contributed by atoms with Gasteiger partial charge in [-0.2, -0.15) is 10.4 Å². The summed E-state index contributed by atoms with van der Waals surface area (Å²) in [5.74, 6) is 2.39. The first-order chi connectivity index (χ1) is 19.0. The average molecular weight is 547 g/mol. The molecule has 8 nitrogen and oxygen atoms in total. The van der Waals surface area contributed by atoms with E-state index in [2.05, 4.69) is 67.5 Å². The second kappa shape index (κ2) is 13.8. The van der Waals surface area contributed by atoms with Gasteiger partial charge < -0.3 is 14.5 Å². The van der Waals surface area contributed by atoms with Crippen LogP contribution < -0.4 is 4.74 Å². The summed E-state index contributed by atoms with van der Waals surface area (Å²) >= 11 is 0. The van der Waals surface area contributed by atoms with E-state index in [0.717, 1.165) is 61.4 Å². The number of carbonyl (C=O) groups is 1. The number of aromatic nitrogens is 2. The largest absolute Gasteiger partial charge is 0.492 e. The number of nitriles is 1. The minimum Gasteiger partial charge on any atom is -0.492 e. The maximum absolute atomic E-state index is 12.8. The quantitative estimate of drug-likeness (QED) is 0.232. The van der Waals surface area contributed by atoms with E-state index in [9.17, 15) is 10.1 Å². The average Bonchev–Trinajstić information content (AvgIpc) is 3.35. The lowest BCUT2D eigenvalue weighted by Crippen LogP contribution is -2.44. The molecule has 0 spiro atoms. The molecule has 40 heavy (non-hydrogen) atoms. The van der Waals surface area contributed by atoms with Crippen LogP contribution in [0.5, 0.6) is 5.75 Å². The summed E-state index contributed by atoms with van der Waals surface area (Å²) in [4.78, 5) is 21.7. The van der Waals surface area contributed by atoms with E-state index >= 15 is 0 Å². The van der Waals surface area contributed by atoms with Gasteiger partial charge in [0.15, 0.2) is 0 Å². The van der Waals surface area contributed by atoms with Crippen molar-refractivity contribution in [1.82, 2.24) is 19.4 Å². The summed E-state index contributed by atoms with van der Waals surface area (Å²) in [7, 11) is 4.24. The molecule has 0 saturated carbocycles. The molecule has 216 valence electrons. The van der Waals surface area contributed by atoms with Crippen molar-refractivity contribution in [2.75, 3.05) is 40.3 Å². The van der Waals surface area contributed by atoms with Crippen LogP contribution in [0.25, 0.3) is 11.1 Å². The third-order valence-electron chi connectivity index (χ3n) is 8.30. The molecule has 8 heteroatoms. The summed E-state index contributed by atoms with van der Waals surface area (Å²) in [5.41, 5.74) is 3.26. The number of carbonyl (C=O) groups excluding carboxylic acids is 1. The van der Waals surface area contributed by atoms with Crippen LogP contribution >= 0.6 is 0 Å². The zero-order valence-electron chi connectivity index (χ0n) is 25.4. The van der Waals surface area contributed by atoms with Crippen LogP contribution in [-0.4, -0.2) is 72.3 Å². The van der Waals surface area contributed by atoms with E-state index < -0.39 is 0 Å². The minimum atomic E-state index is 0.105. The highest BCUT2D eigenvalue weighted by Gasteiger charge is 2.36. The number of rotatable bonds is 13. The van der Waals surface area contributed by atoms with Gasteiger partial charge in [-0.25, -0.2) is 9.51 Å². The van der Waals surface area contributed by atoms with Crippen molar-refractivity contribution >= 4 is 23.6 Å². The Bertz CT molecular complexity index is 1290. The molecule has 3 heterocycles. The van der Waals surface area contributed by atoms with E-state index in [0.29, 0.717) is 36.0 Å². The molecule has 2 aromatic heterocycles. The highest BCUT2D eigenvalue weighted by molar-refractivity contribution is 5.82.